The highest BCUT2D eigenvalue weighted by Crippen LogP contribution is 2.27. The van der Waals surface area contributed by atoms with Crippen LogP contribution in [0.5, 0.6) is 0 Å². The maximum Gasteiger partial charge on any atom is 0.153 e. The van der Waals surface area contributed by atoms with Crippen molar-refractivity contribution in [3.63, 3.8) is 0 Å². The van der Waals surface area contributed by atoms with Crippen molar-refractivity contribution in [3.8, 4) is 6.07 Å². The van der Waals surface area contributed by atoms with E-state index in [2.05, 4.69) is 16.0 Å². The summed E-state index contributed by atoms with van der Waals surface area (Å²) in [6, 6.07) is 3.69. The van der Waals surface area contributed by atoms with Crippen LogP contribution in [0.15, 0.2) is 12.3 Å². The molecular weight excluding hydrogens is 204 g/mol. The molecule has 1 atom stereocenters. The molecule has 0 aromatic carbocycles. The maximum atomic E-state index is 8.88. The van der Waals surface area contributed by atoms with Gasteiger partial charge in [-0.1, -0.05) is 0 Å². The number of hydrogen-bond acceptors (Lipinski definition) is 5. The molecule has 0 radical (unpaired) electrons. The van der Waals surface area contributed by atoms with Crippen LogP contribution in [0.2, 0.25) is 0 Å². The first-order chi connectivity index (χ1) is 7.76. The first kappa shape index (κ1) is 10.7. The van der Waals surface area contributed by atoms with E-state index >= 15 is 0 Å². The van der Waals surface area contributed by atoms with Crippen molar-refractivity contribution in [2.24, 2.45) is 0 Å². The summed E-state index contributed by atoms with van der Waals surface area (Å²) in [7, 11) is 1.71. The van der Waals surface area contributed by atoms with E-state index in [1.165, 1.54) is 0 Å². The van der Waals surface area contributed by atoms with Gasteiger partial charge in [0.25, 0.3) is 0 Å². The average molecular weight is 218 g/mol. The minimum Gasteiger partial charge on any atom is -0.395 e. The van der Waals surface area contributed by atoms with Gasteiger partial charge < -0.3 is 15.4 Å². The van der Waals surface area contributed by atoms with Gasteiger partial charge in [-0.25, -0.2) is 4.98 Å². The third-order valence-corrected chi connectivity index (χ3v) is 2.87. The molecule has 2 rings (SSSR count). The Kier molecular flexibility index (Phi) is 2.93. The van der Waals surface area contributed by atoms with Gasteiger partial charge in [0.05, 0.1) is 17.4 Å². The van der Waals surface area contributed by atoms with E-state index in [4.69, 9.17) is 15.7 Å². The third kappa shape index (κ3) is 1.79. The second-order valence-electron chi connectivity index (χ2n) is 3.80. The van der Waals surface area contributed by atoms with E-state index in [9.17, 15) is 0 Å². The Morgan fingerprint density at radius 2 is 2.50 bits per heavy atom. The number of nitrogens with zero attached hydrogens (tertiary/aromatic N) is 3. The van der Waals surface area contributed by atoms with Crippen LogP contribution in [0.3, 0.4) is 0 Å². The Hall–Kier alpha value is -1.80. The van der Waals surface area contributed by atoms with Crippen LogP contribution in [0.1, 0.15) is 12.0 Å². The Balaban J connectivity index is 2.25. The zero-order valence-corrected chi connectivity index (χ0v) is 9.18. The molecule has 2 heterocycles. The van der Waals surface area contributed by atoms with Gasteiger partial charge in [-0.3, -0.25) is 0 Å². The highest BCUT2D eigenvalue weighted by atomic mass is 16.5. The molecule has 1 aliphatic heterocycles. The number of anilines is 2. The van der Waals surface area contributed by atoms with E-state index in [0.717, 1.165) is 19.5 Å². The number of aromatic nitrogens is 1. The molecule has 1 aromatic rings. The van der Waals surface area contributed by atoms with Crippen LogP contribution in [-0.2, 0) is 4.74 Å². The van der Waals surface area contributed by atoms with Crippen LogP contribution in [0.25, 0.3) is 0 Å². The number of hydrogen-bond donors (Lipinski definition) is 1. The molecule has 5 nitrogen and oxygen atoms in total. The zero-order chi connectivity index (χ0) is 11.5. The summed E-state index contributed by atoms with van der Waals surface area (Å²) >= 11 is 0. The predicted octanol–water partition coefficient (Wildman–Crippen LogP) is 0.761. The standard InChI is InChI=1S/C11H14N4O/c1-16-9-3-5-15(7-9)11-10(13)8(6-12)2-4-14-11/h2,4,9H,3,5,7,13H2,1H3. The topological polar surface area (TPSA) is 75.2 Å². The Morgan fingerprint density at radius 3 is 3.12 bits per heavy atom. The van der Waals surface area contributed by atoms with Crippen LogP contribution in [0.4, 0.5) is 11.5 Å². The minimum atomic E-state index is 0.229. The summed E-state index contributed by atoms with van der Waals surface area (Å²) in [5, 5.41) is 8.88. The largest absolute Gasteiger partial charge is 0.395 e. The second kappa shape index (κ2) is 4.37. The van der Waals surface area contributed by atoms with E-state index < -0.39 is 0 Å². The van der Waals surface area contributed by atoms with E-state index in [1.807, 2.05) is 0 Å². The normalized spacial score (nSPS) is 19.8. The summed E-state index contributed by atoms with van der Waals surface area (Å²) < 4.78 is 5.28. The van der Waals surface area contributed by atoms with Crippen LogP contribution in [0, 0.1) is 11.3 Å². The van der Waals surface area contributed by atoms with Gasteiger partial charge in [-0.05, 0) is 12.5 Å². The molecule has 0 spiro atoms. The highest BCUT2D eigenvalue weighted by Gasteiger charge is 2.25. The van der Waals surface area contributed by atoms with E-state index in [1.54, 1.807) is 19.4 Å². The highest BCUT2D eigenvalue weighted by molar-refractivity contribution is 5.70. The van der Waals surface area contributed by atoms with Crippen molar-refractivity contribution in [1.29, 1.82) is 5.26 Å². The number of methoxy groups -OCH3 is 1. The Labute approximate surface area is 94.4 Å². The number of ether oxygens (including phenoxy) is 1. The first-order valence-corrected chi connectivity index (χ1v) is 5.18. The SMILES string of the molecule is COC1CCN(c2nccc(C#N)c2N)C1. The van der Waals surface area contributed by atoms with Crippen molar-refractivity contribution < 1.29 is 4.74 Å². The van der Waals surface area contributed by atoms with Crippen LogP contribution in [-0.4, -0.2) is 31.3 Å². The summed E-state index contributed by atoms with van der Waals surface area (Å²) in [4.78, 5) is 6.29. The molecule has 16 heavy (non-hydrogen) atoms. The van der Waals surface area contributed by atoms with Gasteiger partial charge in [0, 0.05) is 26.4 Å². The molecule has 2 N–H and O–H groups in total. The van der Waals surface area contributed by atoms with Crippen LogP contribution >= 0.6 is 0 Å². The lowest BCUT2D eigenvalue weighted by atomic mass is 10.2. The smallest absolute Gasteiger partial charge is 0.153 e. The minimum absolute atomic E-state index is 0.229. The number of pyridine rings is 1. The van der Waals surface area contributed by atoms with E-state index in [0.29, 0.717) is 17.1 Å². The molecule has 0 bridgehead atoms. The van der Waals surface area contributed by atoms with Gasteiger partial charge in [-0.2, -0.15) is 5.26 Å². The van der Waals surface area contributed by atoms with Gasteiger partial charge >= 0.3 is 0 Å². The molecule has 0 aliphatic carbocycles. The number of rotatable bonds is 2. The molecule has 1 aromatic heterocycles. The number of nitrogens with two attached hydrogens (primary N) is 1. The number of nitriles is 1. The van der Waals surface area contributed by atoms with Crippen molar-refractivity contribution in [1.82, 2.24) is 4.98 Å². The zero-order valence-electron chi connectivity index (χ0n) is 9.18. The van der Waals surface area contributed by atoms with Crippen molar-refractivity contribution in [2.75, 3.05) is 30.8 Å². The monoisotopic (exact) mass is 218 g/mol. The third-order valence-electron chi connectivity index (χ3n) is 2.87. The van der Waals surface area contributed by atoms with Gasteiger partial charge in [0.15, 0.2) is 5.82 Å². The Bertz CT molecular complexity index is 426. The molecule has 5 heteroatoms. The molecule has 1 aliphatic rings. The average Bonchev–Trinajstić information content (AvgIpc) is 2.78. The first-order valence-electron chi connectivity index (χ1n) is 5.18. The Morgan fingerprint density at radius 1 is 1.69 bits per heavy atom. The molecule has 0 amide bonds. The molecule has 1 fully saturated rings. The van der Waals surface area contributed by atoms with Gasteiger partial charge in [0.1, 0.15) is 6.07 Å². The predicted molar refractivity (Wildman–Crippen MR) is 61.0 cm³/mol. The fourth-order valence-corrected chi connectivity index (χ4v) is 1.92. The molecule has 0 saturated carbocycles. The van der Waals surface area contributed by atoms with Crippen molar-refractivity contribution >= 4 is 11.5 Å². The lowest BCUT2D eigenvalue weighted by Gasteiger charge is -2.19. The lowest BCUT2D eigenvalue weighted by molar-refractivity contribution is 0.121. The van der Waals surface area contributed by atoms with Gasteiger partial charge in [0.2, 0.25) is 0 Å². The fraction of sp³-hybridized carbons (Fsp3) is 0.455. The molecule has 84 valence electrons. The maximum absolute atomic E-state index is 8.88. The lowest BCUT2D eigenvalue weighted by Crippen LogP contribution is -2.24. The second-order valence-corrected chi connectivity index (χ2v) is 3.80. The van der Waals surface area contributed by atoms with Gasteiger partial charge in [-0.15, -0.1) is 0 Å². The molecular formula is C11H14N4O. The summed E-state index contributed by atoms with van der Waals surface area (Å²) in [5.41, 5.74) is 6.83. The van der Waals surface area contributed by atoms with E-state index in [-0.39, 0.29) is 6.10 Å². The molecule has 1 saturated heterocycles. The quantitative estimate of drug-likeness (QED) is 0.793. The summed E-state index contributed by atoms with van der Waals surface area (Å²) in [5.74, 6) is 0.693. The van der Waals surface area contributed by atoms with Crippen molar-refractivity contribution in [3.05, 3.63) is 17.8 Å². The van der Waals surface area contributed by atoms with Crippen LogP contribution < -0.4 is 10.6 Å². The summed E-state index contributed by atoms with van der Waals surface area (Å²) in [6.45, 7) is 1.65. The number of nitrogen functional groups attached to an aromatic ring is 1. The fourth-order valence-electron chi connectivity index (χ4n) is 1.92. The van der Waals surface area contributed by atoms with Crippen molar-refractivity contribution in [2.45, 2.75) is 12.5 Å². The molecule has 1 unspecified atom stereocenters. The summed E-state index contributed by atoms with van der Waals surface area (Å²) in [6.07, 6.45) is 2.81.